The molecule has 0 heterocycles. The standard InChI is InChI=1S/C34H44N2O4/c1-3-4-5-6-7-8-9-10-11-12-13-14-15-16-17-18-19-20-21-22-32(37)35-29-30-23-25-31(26-24-30)36-33(38)27-28-34(39)40-2/h4-5,7-8,10-11,13-14,16-17,19-20,23-28H,3,6,9,12,15,18,21-22,29H2,1-2H3,(H,35,37)(H,36,38)/b5-4-,8-7-,11-10-,14-13-,17-16-,20-19-,28-27+. The Morgan fingerprint density at radius 1 is 0.700 bits per heavy atom. The van der Waals surface area contributed by atoms with E-state index in [0.717, 1.165) is 56.2 Å². The first-order valence-corrected chi connectivity index (χ1v) is 13.9. The van der Waals surface area contributed by atoms with Crippen molar-refractivity contribution in [3.63, 3.8) is 0 Å². The van der Waals surface area contributed by atoms with Crippen molar-refractivity contribution in [3.05, 3.63) is 115 Å². The van der Waals surface area contributed by atoms with Crippen LogP contribution < -0.4 is 10.6 Å². The number of ether oxygens (including phenoxy) is 1. The predicted molar refractivity (Wildman–Crippen MR) is 166 cm³/mol. The molecule has 6 nitrogen and oxygen atoms in total. The average Bonchev–Trinajstić information content (AvgIpc) is 2.96. The van der Waals surface area contributed by atoms with Crippen LogP contribution >= 0.6 is 0 Å². The lowest BCUT2D eigenvalue weighted by molar-refractivity contribution is -0.135. The first-order chi connectivity index (χ1) is 19.5. The zero-order chi connectivity index (χ0) is 29.1. The number of anilines is 1. The molecule has 40 heavy (non-hydrogen) atoms. The molecular formula is C34H44N2O4. The molecule has 0 atom stereocenters. The number of esters is 1. The quantitative estimate of drug-likeness (QED) is 0.108. The number of carbonyl (C=O) groups is 3. The fourth-order valence-electron chi connectivity index (χ4n) is 3.24. The molecule has 0 unspecified atom stereocenters. The molecule has 1 aromatic carbocycles. The minimum Gasteiger partial charge on any atom is -0.466 e. The maximum atomic E-state index is 12.1. The lowest BCUT2D eigenvalue weighted by Gasteiger charge is -2.06. The Kier molecular flexibility index (Phi) is 20.2. The van der Waals surface area contributed by atoms with E-state index in [1.165, 1.54) is 7.11 Å². The highest BCUT2D eigenvalue weighted by atomic mass is 16.5. The molecule has 0 saturated carbocycles. The summed E-state index contributed by atoms with van der Waals surface area (Å²) in [5.41, 5.74) is 1.51. The largest absolute Gasteiger partial charge is 0.466 e. The van der Waals surface area contributed by atoms with Gasteiger partial charge in [0.05, 0.1) is 7.11 Å². The van der Waals surface area contributed by atoms with Crippen molar-refractivity contribution in [1.82, 2.24) is 5.32 Å². The lowest BCUT2D eigenvalue weighted by atomic mass is 10.2. The fourth-order valence-corrected chi connectivity index (χ4v) is 3.24. The van der Waals surface area contributed by atoms with Gasteiger partial charge in [0.25, 0.3) is 0 Å². The van der Waals surface area contributed by atoms with E-state index in [1.807, 2.05) is 18.2 Å². The normalized spacial score (nSPS) is 12.2. The monoisotopic (exact) mass is 544 g/mol. The minimum absolute atomic E-state index is 0.00939. The molecule has 0 spiro atoms. The van der Waals surface area contributed by atoms with E-state index in [4.69, 9.17) is 0 Å². The van der Waals surface area contributed by atoms with Crippen molar-refractivity contribution in [3.8, 4) is 0 Å². The minimum atomic E-state index is -0.595. The third-order valence-electron chi connectivity index (χ3n) is 5.42. The second-order valence-electron chi connectivity index (χ2n) is 8.77. The topological polar surface area (TPSA) is 84.5 Å². The molecule has 0 saturated heterocycles. The van der Waals surface area contributed by atoms with Gasteiger partial charge < -0.3 is 15.4 Å². The molecule has 2 N–H and O–H groups in total. The van der Waals surface area contributed by atoms with E-state index in [-0.39, 0.29) is 5.91 Å². The summed E-state index contributed by atoms with van der Waals surface area (Å²) in [4.78, 5) is 34.9. The maximum Gasteiger partial charge on any atom is 0.330 e. The van der Waals surface area contributed by atoms with Crippen molar-refractivity contribution in [2.75, 3.05) is 12.4 Å². The van der Waals surface area contributed by atoms with Gasteiger partial charge in [-0.15, -0.1) is 0 Å². The molecule has 1 rings (SSSR count). The van der Waals surface area contributed by atoms with Gasteiger partial charge >= 0.3 is 5.97 Å². The van der Waals surface area contributed by atoms with Crippen LogP contribution in [0.2, 0.25) is 0 Å². The molecule has 214 valence electrons. The van der Waals surface area contributed by atoms with Crippen LogP contribution in [0.1, 0.15) is 63.9 Å². The first-order valence-electron chi connectivity index (χ1n) is 13.9. The highest BCUT2D eigenvalue weighted by Gasteiger charge is 2.02. The third kappa shape index (κ3) is 19.9. The summed E-state index contributed by atoms with van der Waals surface area (Å²) in [5.74, 6) is -1.03. The highest BCUT2D eigenvalue weighted by Crippen LogP contribution is 2.10. The number of rotatable bonds is 19. The zero-order valence-electron chi connectivity index (χ0n) is 23.9. The molecule has 0 aliphatic heterocycles. The van der Waals surface area contributed by atoms with Crippen LogP contribution in [-0.2, 0) is 25.7 Å². The van der Waals surface area contributed by atoms with Crippen LogP contribution in [0.4, 0.5) is 5.69 Å². The van der Waals surface area contributed by atoms with Gasteiger partial charge in [-0.2, -0.15) is 0 Å². The van der Waals surface area contributed by atoms with E-state index >= 15 is 0 Å². The van der Waals surface area contributed by atoms with Crippen LogP contribution in [0.15, 0.2) is 109 Å². The van der Waals surface area contributed by atoms with Crippen molar-refractivity contribution >= 4 is 23.5 Å². The van der Waals surface area contributed by atoms with Gasteiger partial charge in [0.2, 0.25) is 11.8 Å². The molecule has 2 amide bonds. The van der Waals surface area contributed by atoms with Crippen molar-refractivity contribution < 1.29 is 19.1 Å². The molecule has 0 aromatic heterocycles. The summed E-state index contributed by atoms with van der Waals surface area (Å²) >= 11 is 0. The number of allylic oxidation sites excluding steroid dienone is 12. The Morgan fingerprint density at radius 2 is 1.20 bits per heavy atom. The second kappa shape index (κ2) is 23.9. The van der Waals surface area contributed by atoms with Crippen LogP contribution in [0, 0.1) is 0 Å². The number of nitrogens with one attached hydrogen (secondary N) is 2. The Balaban J connectivity index is 2.11. The first kappa shape index (κ1) is 33.8. The summed E-state index contributed by atoms with van der Waals surface area (Å²) in [5, 5.41) is 5.55. The lowest BCUT2D eigenvalue weighted by Crippen LogP contribution is -2.22. The van der Waals surface area contributed by atoms with Gasteiger partial charge in [0.1, 0.15) is 0 Å². The molecule has 0 aliphatic carbocycles. The van der Waals surface area contributed by atoms with Crippen molar-refractivity contribution in [2.24, 2.45) is 0 Å². The van der Waals surface area contributed by atoms with Gasteiger partial charge in [0.15, 0.2) is 0 Å². The third-order valence-corrected chi connectivity index (χ3v) is 5.42. The Hall–Kier alpha value is -4.19. The van der Waals surface area contributed by atoms with Gasteiger partial charge in [-0.1, -0.05) is 92.0 Å². The number of methoxy groups -OCH3 is 1. The number of hydrogen-bond donors (Lipinski definition) is 2. The Morgan fingerprint density at radius 3 is 1.70 bits per heavy atom. The van der Waals surface area contributed by atoms with E-state index in [0.29, 0.717) is 25.1 Å². The Labute approximate surface area is 240 Å². The molecular weight excluding hydrogens is 500 g/mol. The van der Waals surface area contributed by atoms with Crippen LogP contribution in [-0.4, -0.2) is 24.9 Å². The maximum absolute atomic E-state index is 12.1. The number of benzene rings is 1. The molecule has 0 bridgehead atoms. The van der Waals surface area contributed by atoms with Crippen LogP contribution in [0.25, 0.3) is 0 Å². The average molecular weight is 545 g/mol. The fraction of sp³-hybridized carbons (Fsp3) is 0.324. The summed E-state index contributed by atoms with van der Waals surface area (Å²) in [6.07, 6.45) is 35.1. The predicted octanol–water partition coefficient (Wildman–Crippen LogP) is 7.45. The van der Waals surface area contributed by atoms with E-state index < -0.39 is 11.9 Å². The molecule has 6 heteroatoms. The zero-order valence-corrected chi connectivity index (χ0v) is 23.9. The van der Waals surface area contributed by atoms with Gasteiger partial charge in [-0.25, -0.2) is 4.79 Å². The van der Waals surface area contributed by atoms with Gasteiger partial charge in [0, 0.05) is 30.8 Å². The summed E-state index contributed by atoms with van der Waals surface area (Å²) in [7, 11) is 1.24. The van der Waals surface area contributed by atoms with Gasteiger partial charge in [-0.3, -0.25) is 9.59 Å². The Bertz CT molecular complexity index is 1070. The summed E-state index contributed by atoms with van der Waals surface area (Å²) in [6.45, 7) is 2.56. The molecule has 0 radical (unpaired) electrons. The second-order valence-corrected chi connectivity index (χ2v) is 8.77. The smallest absolute Gasteiger partial charge is 0.330 e. The van der Waals surface area contributed by atoms with Crippen LogP contribution in [0.3, 0.4) is 0 Å². The van der Waals surface area contributed by atoms with Crippen LogP contribution in [0.5, 0.6) is 0 Å². The highest BCUT2D eigenvalue weighted by molar-refractivity contribution is 6.02. The van der Waals surface area contributed by atoms with E-state index in [9.17, 15) is 14.4 Å². The molecule has 0 fully saturated rings. The van der Waals surface area contributed by atoms with E-state index in [2.05, 4.69) is 89.1 Å². The van der Waals surface area contributed by atoms with Gasteiger partial charge in [-0.05, 0) is 62.6 Å². The van der Waals surface area contributed by atoms with E-state index in [1.54, 1.807) is 12.1 Å². The molecule has 0 aliphatic rings. The van der Waals surface area contributed by atoms with Crippen molar-refractivity contribution in [1.29, 1.82) is 0 Å². The summed E-state index contributed by atoms with van der Waals surface area (Å²) in [6, 6.07) is 7.13. The number of carbonyl (C=O) groups excluding carboxylic acids is 3. The summed E-state index contributed by atoms with van der Waals surface area (Å²) < 4.78 is 4.44. The number of amides is 2. The number of hydrogen-bond acceptors (Lipinski definition) is 4. The SMILES string of the molecule is CC/C=C\C/C=C\C/C=C\C/C=C\C/C=C\C/C=C\CCC(=O)NCc1ccc(NC(=O)/C=C/C(=O)OC)cc1. The van der Waals surface area contributed by atoms with Crippen molar-refractivity contribution in [2.45, 2.75) is 64.8 Å². The molecule has 1 aromatic rings.